The molecule has 4 unspecified atom stereocenters. The first kappa shape index (κ1) is 20.4. The Bertz CT molecular complexity index is 607. The highest BCUT2D eigenvalue weighted by atomic mass is 127. The number of hydrogen-bond acceptors (Lipinski definition) is 2. The summed E-state index contributed by atoms with van der Waals surface area (Å²) in [6.07, 6.45) is 0.958. The molecule has 0 amide bonds. The zero-order valence-electron chi connectivity index (χ0n) is 15.5. The average molecular weight is 460 g/mol. The minimum Gasteiger partial charge on any atom is -0.353 e. The second kappa shape index (κ2) is 8.66. The van der Waals surface area contributed by atoms with Gasteiger partial charge in [-0.1, -0.05) is 25.1 Å². The largest absolute Gasteiger partial charge is 0.353 e. The van der Waals surface area contributed by atoms with E-state index < -0.39 is 0 Å². The van der Waals surface area contributed by atoms with Gasteiger partial charge < -0.3 is 10.6 Å². The summed E-state index contributed by atoms with van der Waals surface area (Å²) in [5, 5.41) is 7.02. The third-order valence-corrected chi connectivity index (χ3v) is 5.33. The topological polar surface area (TPSA) is 39.7 Å². The number of nitrogens with zero attached hydrogens (tertiary/aromatic N) is 2. The van der Waals surface area contributed by atoms with E-state index in [1.54, 1.807) is 19.2 Å². The number of benzene rings is 1. The summed E-state index contributed by atoms with van der Waals surface area (Å²) in [5.41, 5.74) is 0.811. The van der Waals surface area contributed by atoms with E-state index in [9.17, 15) is 4.39 Å². The molecule has 0 aromatic heterocycles. The van der Waals surface area contributed by atoms with Crippen LogP contribution < -0.4 is 10.6 Å². The molecule has 3 rings (SSSR count). The first-order chi connectivity index (χ1) is 11.5. The van der Waals surface area contributed by atoms with Crippen LogP contribution in [0.4, 0.5) is 4.39 Å². The number of hydrogen-bond donors (Lipinski definition) is 2. The molecule has 1 saturated heterocycles. The van der Waals surface area contributed by atoms with Crippen molar-refractivity contribution in [3.05, 3.63) is 35.6 Å². The fourth-order valence-corrected chi connectivity index (χ4v) is 3.61. The summed E-state index contributed by atoms with van der Waals surface area (Å²) in [4.78, 5) is 6.86. The summed E-state index contributed by atoms with van der Waals surface area (Å²) in [6.45, 7) is 8.93. The van der Waals surface area contributed by atoms with Gasteiger partial charge in [0.1, 0.15) is 5.82 Å². The average Bonchev–Trinajstić information content (AvgIpc) is 3.21. The molecule has 1 aliphatic carbocycles. The molecule has 0 radical (unpaired) electrons. The predicted molar refractivity (Wildman–Crippen MR) is 112 cm³/mol. The number of halogens is 2. The molecule has 2 N–H and O–H groups in total. The fourth-order valence-electron chi connectivity index (χ4n) is 3.61. The van der Waals surface area contributed by atoms with Crippen LogP contribution in [0.1, 0.15) is 38.7 Å². The molecule has 1 aromatic carbocycles. The summed E-state index contributed by atoms with van der Waals surface area (Å²) in [6, 6.07) is 8.32. The van der Waals surface area contributed by atoms with Crippen LogP contribution in [0.15, 0.2) is 29.3 Å². The van der Waals surface area contributed by atoms with Crippen molar-refractivity contribution in [1.82, 2.24) is 15.5 Å². The van der Waals surface area contributed by atoms with Crippen LogP contribution in [0.3, 0.4) is 0 Å². The molecular formula is C19H30FIN4. The molecule has 2 fully saturated rings. The first-order valence-corrected chi connectivity index (χ1v) is 8.98. The van der Waals surface area contributed by atoms with E-state index in [0.717, 1.165) is 31.0 Å². The van der Waals surface area contributed by atoms with Gasteiger partial charge in [0, 0.05) is 44.2 Å². The normalized spacial score (nSPS) is 29.4. The molecule has 25 heavy (non-hydrogen) atoms. The number of likely N-dealkylation sites (tertiary alicyclic amines) is 1. The lowest BCUT2D eigenvalue weighted by molar-refractivity contribution is 0.265. The Morgan fingerprint density at radius 1 is 1.20 bits per heavy atom. The number of aliphatic imine (C=N–C) groups is 1. The first-order valence-electron chi connectivity index (χ1n) is 8.98. The van der Waals surface area contributed by atoms with Gasteiger partial charge >= 0.3 is 0 Å². The van der Waals surface area contributed by atoms with Crippen LogP contribution in [0.5, 0.6) is 0 Å². The van der Waals surface area contributed by atoms with Crippen LogP contribution in [0.25, 0.3) is 0 Å². The van der Waals surface area contributed by atoms with Gasteiger partial charge in [-0.3, -0.25) is 9.89 Å². The molecule has 0 spiro atoms. The van der Waals surface area contributed by atoms with E-state index in [4.69, 9.17) is 0 Å². The predicted octanol–water partition coefficient (Wildman–Crippen LogP) is 3.19. The van der Waals surface area contributed by atoms with Gasteiger partial charge in [-0.05, 0) is 37.8 Å². The molecule has 4 atom stereocenters. The van der Waals surface area contributed by atoms with E-state index in [1.165, 1.54) is 0 Å². The Hall–Kier alpha value is -0.890. The lowest BCUT2D eigenvalue weighted by atomic mass is 10.1. The van der Waals surface area contributed by atoms with Gasteiger partial charge in [-0.15, -0.1) is 24.0 Å². The summed E-state index contributed by atoms with van der Waals surface area (Å²) in [7, 11) is 1.80. The molecule has 1 saturated carbocycles. The Balaban J connectivity index is 0.00000225. The maximum absolute atomic E-state index is 13.9. The lowest BCUT2D eigenvalue weighted by Gasteiger charge is -2.22. The quantitative estimate of drug-likeness (QED) is 0.412. The third-order valence-electron chi connectivity index (χ3n) is 5.33. The van der Waals surface area contributed by atoms with E-state index >= 15 is 0 Å². The highest BCUT2D eigenvalue weighted by molar-refractivity contribution is 14.0. The number of rotatable bonds is 4. The summed E-state index contributed by atoms with van der Waals surface area (Å²) >= 11 is 0. The minimum atomic E-state index is -0.105. The van der Waals surface area contributed by atoms with Crippen molar-refractivity contribution in [2.75, 3.05) is 20.1 Å². The molecule has 0 bridgehead atoms. The Labute approximate surface area is 167 Å². The van der Waals surface area contributed by atoms with Crippen molar-refractivity contribution in [1.29, 1.82) is 0 Å². The highest BCUT2D eigenvalue weighted by Crippen LogP contribution is 2.41. The van der Waals surface area contributed by atoms with Crippen LogP contribution in [-0.2, 0) is 0 Å². The van der Waals surface area contributed by atoms with E-state index in [0.29, 0.717) is 18.0 Å². The molecule has 2 aliphatic rings. The van der Waals surface area contributed by atoms with Gasteiger partial charge in [-0.2, -0.15) is 0 Å². The Morgan fingerprint density at radius 2 is 1.88 bits per heavy atom. The summed E-state index contributed by atoms with van der Waals surface area (Å²) < 4.78 is 13.9. The standard InChI is InChI=1S/C19H29FN4.HI/c1-12(2)24-10-13(3)18(11-24)23-19(21-4)22-17-9-15(17)14-7-5-6-8-16(14)20;/h5-8,12-13,15,17-18H,9-11H2,1-4H3,(H2,21,22,23);1H. The van der Waals surface area contributed by atoms with Crippen molar-refractivity contribution < 1.29 is 4.39 Å². The van der Waals surface area contributed by atoms with E-state index in [1.807, 2.05) is 12.1 Å². The summed E-state index contributed by atoms with van der Waals surface area (Å²) in [5.74, 6) is 1.57. The highest BCUT2D eigenvalue weighted by Gasteiger charge is 2.41. The lowest BCUT2D eigenvalue weighted by Crippen LogP contribution is -2.47. The second-order valence-electron chi connectivity index (χ2n) is 7.46. The Morgan fingerprint density at radius 3 is 2.48 bits per heavy atom. The van der Waals surface area contributed by atoms with Gasteiger partial charge in [0.15, 0.2) is 5.96 Å². The van der Waals surface area contributed by atoms with E-state index in [2.05, 4.69) is 41.3 Å². The number of nitrogens with one attached hydrogen (secondary N) is 2. The van der Waals surface area contributed by atoms with Crippen molar-refractivity contribution in [3.8, 4) is 0 Å². The van der Waals surface area contributed by atoms with Gasteiger partial charge in [-0.25, -0.2) is 4.39 Å². The second-order valence-corrected chi connectivity index (χ2v) is 7.46. The Kier molecular flexibility index (Phi) is 7.08. The van der Waals surface area contributed by atoms with E-state index in [-0.39, 0.29) is 41.8 Å². The third kappa shape index (κ3) is 4.84. The zero-order valence-corrected chi connectivity index (χ0v) is 17.8. The van der Waals surface area contributed by atoms with Crippen LogP contribution >= 0.6 is 24.0 Å². The SMILES string of the molecule is CN=C(NC1CN(C(C)C)CC1C)NC1CC1c1ccccc1F.I. The van der Waals surface area contributed by atoms with Crippen LogP contribution in [0.2, 0.25) is 0 Å². The monoisotopic (exact) mass is 460 g/mol. The molecule has 140 valence electrons. The molecule has 1 heterocycles. The molecule has 1 aromatic rings. The molecular weight excluding hydrogens is 430 g/mol. The maximum atomic E-state index is 13.9. The van der Waals surface area contributed by atoms with Gasteiger partial charge in [0.25, 0.3) is 0 Å². The minimum absolute atomic E-state index is 0. The van der Waals surface area contributed by atoms with Crippen LogP contribution in [0, 0.1) is 11.7 Å². The van der Waals surface area contributed by atoms with Crippen molar-refractivity contribution in [2.45, 2.75) is 51.2 Å². The zero-order chi connectivity index (χ0) is 17.3. The smallest absolute Gasteiger partial charge is 0.191 e. The van der Waals surface area contributed by atoms with Crippen molar-refractivity contribution in [3.63, 3.8) is 0 Å². The van der Waals surface area contributed by atoms with Gasteiger partial charge in [0.05, 0.1) is 0 Å². The fraction of sp³-hybridized carbons (Fsp3) is 0.632. The van der Waals surface area contributed by atoms with Gasteiger partial charge in [0.2, 0.25) is 0 Å². The number of guanidine groups is 1. The van der Waals surface area contributed by atoms with Crippen LogP contribution in [-0.4, -0.2) is 49.1 Å². The molecule has 4 nitrogen and oxygen atoms in total. The molecule has 6 heteroatoms. The van der Waals surface area contributed by atoms with Crippen molar-refractivity contribution in [2.24, 2.45) is 10.9 Å². The van der Waals surface area contributed by atoms with Crippen molar-refractivity contribution >= 4 is 29.9 Å². The molecule has 1 aliphatic heterocycles. The maximum Gasteiger partial charge on any atom is 0.191 e.